The molecule has 1 heterocycles. The molecule has 0 atom stereocenters. The average Bonchev–Trinajstić information content (AvgIpc) is 3.30. The molecule has 3 rings (SSSR count). The highest BCUT2D eigenvalue weighted by Gasteiger charge is 2.33. The topological polar surface area (TPSA) is 52.7 Å². The Kier molecular flexibility index (Phi) is 4.20. The van der Waals surface area contributed by atoms with Gasteiger partial charge in [0.2, 0.25) is 11.8 Å². The molecule has 2 aliphatic rings. The Morgan fingerprint density at radius 3 is 2.71 bits per heavy atom. The van der Waals surface area contributed by atoms with Crippen molar-refractivity contribution >= 4 is 11.8 Å². The van der Waals surface area contributed by atoms with Gasteiger partial charge in [0.25, 0.3) is 0 Å². The van der Waals surface area contributed by atoms with E-state index in [9.17, 15) is 9.59 Å². The van der Waals surface area contributed by atoms with Crippen LogP contribution in [-0.4, -0.2) is 53.8 Å². The molecule has 1 aromatic rings. The molecule has 5 heteroatoms. The second-order valence-electron chi connectivity index (χ2n) is 5.80. The highest BCUT2D eigenvalue weighted by atomic mass is 16.2. The fraction of sp³-hybridized carbons (Fsp3) is 0.500. The summed E-state index contributed by atoms with van der Waals surface area (Å²) in [5.74, 6) is 0.145. The minimum absolute atomic E-state index is 0.00933. The van der Waals surface area contributed by atoms with Gasteiger partial charge >= 0.3 is 0 Å². The monoisotopic (exact) mass is 287 g/mol. The third-order valence-corrected chi connectivity index (χ3v) is 3.98. The van der Waals surface area contributed by atoms with Crippen LogP contribution < -0.4 is 5.32 Å². The van der Waals surface area contributed by atoms with Gasteiger partial charge in [0.1, 0.15) is 0 Å². The van der Waals surface area contributed by atoms with Gasteiger partial charge in [-0.15, -0.1) is 0 Å². The molecule has 0 radical (unpaired) electrons. The summed E-state index contributed by atoms with van der Waals surface area (Å²) in [7, 11) is 0. The van der Waals surface area contributed by atoms with Crippen LogP contribution in [0.3, 0.4) is 0 Å². The summed E-state index contributed by atoms with van der Waals surface area (Å²) in [6.45, 7) is 2.73. The maximum Gasteiger partial charge on any atom is 0.237 e. The van der Waals surface area contributed by atoms with Crippen LogP contribution in [0.25, 0.3) is 0 Å². The van der Waals surface area contributed by atoms with Crippen LogP contribution in [0.1, 0.15) is 18.4 Å². The van der Waals surface area contributed by atoms with Crippen molar-refractivity contribution in [2.24, 2.45) is 0 Å². The molecule has 1 aromatic carbocycles. The van der Waals surface area contributed by atoms with E-state index in [-0.39, 0.29) is 11.8 Å². The fourth-order valence-corrected chi connectivity index (χ4v) is 2.70. The Hall–Kier alpha value is -1.88. The van der Waals surface area contributed by atoms with E-state index in [2.05, 4.69) is 17.4 Å². The van der Waals surface area contributed by atoms with Gasteiger partial charge < -0.3 is 10.2 Å². The first-order valence-corrected chi connectivity index (χ1v) is 7.55. The van der Waals surface area contributed by atoms with Crippen LogP contribution in [0.4, 0.5) is 0 Å². The Labute approximate surface area is 124 Å². The van der Waals surface area contributed by atoms with E-state index in [4.69, 9.17) is 0 Å². The number of hydrogen-bond donors (Lipinski definition) is 1. The van der Waals surface area contributed by atoms with Crippen molar-refractivity contribution in [3.8, 4) is 0 Å². The standard InChI is InChI=1S/C16H21N3O2/c20-15-11-18(9-8-17-15)12-16(21)19(14-6-7-14)10-13-4-2-1-3-5-13/h1-5,14H,6-12H2,(H,17,20). The number of nitrogens with one attached hydrogen (secondary N) is 1. The zero-order chi connectivity index (χ0) is 14.7. The lowest BCUT2D eigenvalue weighted by atomic mass is 10.2. The zero-order valence-electron chi connectivity index (χ0n) is 12.1. The van der Waals surface area contributed by atoms with Gasteiger partial charge in [0.15, 0.2) is 0 Å². The molecule has 0 bridgehead atoms. The minimum Gasteiger partial charge on any atom is -0.354 e. The Morgan fingerprint density at radius 2 is 2.05 bits per heavy atom. The van der Waals surface area contributed by atoms with Crippen molar-refractivity contribution in [2.45, 2.75) is 25.4 Å². The predicted octanol–water partition coefficient (Wildman–Crippen LogP) is 0.609. The summed E-state index contributed by atoms with van der Waals surface area (Å²) < 4.78 is 0. The molecule has 1 aliphatic carbocycles. The van der Waals surface area contributed by atoms with Gasteiger partial charge in [-0.2, -0.15) is 0 Å². The molecule has 2 amide bonds. The first-order chi connectivity index (χ1) is 10.2. The predicted molar refractivity (Wildman–Crippen MR) is 79.5 cm³/mol. The van der Waals surface area contributed by atoms with E-state index in [1.165, 1.54) is 0 Å². The van der Waals surface area contributed by atoms with Gasteiger partial charge in [-0.25, -0.2) is 0 Å². The van der Waals surface area contributed by atoms with Crippen LogP contribution in [0.5, 0.6) is 0 Å². The largest absolute Gasteiger partial charge is 0.354 e. The smallest absolute Gasteiger partial charge is 0.237 e. The summed E-state index contributed by atoms with van der Waals surface area (Å²) in [6, 6.07) is 10.5. The van der Waals surface area contributed by atoms with Crippen LogP contribution in [0, 0.1) is 0 Å². The minimum atomic E-state index is 0.00933. The molecule has 1 saturated heterocycles. The van der Waals surface area contributed by atoms with Gasteiger partial charge in [-0.1, -0.05) is 30.3 Å². The summed E-state index contributed by atoms with van der Waals surface area (Å²) in [5, 5.41) is 2.78. The molecule has 21 heavy (non-hydrogen) atoms. The van der Waals surface area contributed by atoms with Crippen molar-refractivity contribution in [2.75, 3.05) is 26.2 Å². The quantitative estimate of drug-likeness (QED) is 0.863. The molecule has 1 N–H and O–H groups in total. The molecule has 1 saturated carbocycles. The number of benzene rings is 1. The van der Waals surface area contributed by atoms with Gasteiger partial charge in [-0.05, 0) is 18.4 Å². The third-order valence-electron chi connectivity index (χ3n) is 3.98. The van der Waals surface area contributed by atoms with Crippen molar-refractivity contribution in [3.63, 3.8) is 0 Å². The van der Waals surface area contributed by atoms with Crippen molar-refractivity contribution in [1.29, 1.82) is 0 Å². The van der Waals surface area contributed by atoms with Gasteiger partial charge in [0, 0.05) is 25.7 Å². The van der Waals surface area contributed by atoms with Crippen molar-refractivity contribution < 1.29 is 9.59 Å². The molecular weight excluding hydrogens is 266 g/mol. The molecule has 0 aromatic heterocycles. The van der Waals surface area contributed by atoms with E-state index in [1.807, 2.05) is 28.0 Å². The number of amides is 2. The number of nitrogens with zero attached hydrogens (tertiary/aromatic N) is 2. The van der Waals surface area contributed by atoms with E-state index in [0.717, 1.165) is 24.9 Å². The van der Waals surface area contributed by atoms with Crippen LogP contribution in [0.2, 0.25) is 0 Å². The van der Waals surface area contributed by atoms with E-state index >= 15 is 0 Å². The molecule has 2 fully saturated rings. The lowest BCUT2D eigenvalue weighted by Crippen LogP contribution is -2.51. The lowest BCUT2D eigenvalue weighted by molar-refractivity contribution is -0.135. The second-order valence-corrected chi connectivity index (χ2v) is 5.80. The number of carbonyl (C=O) groups excluding carboxylic acids is 2. The Bertz CT molecular complexity index is 514. The number of rotatable bonds is 5. The molecule has 1 aliphatic heterocycles. The Balaban J connectivity index is 1.61. The molecule has 5 nitrogen and oxygen atoms in total. The van der Waals surface area contributed by atoms with Crippen molar-refractivity contribution in [3.05, 3.63) is 35.9 Å². The summed E-state index contributed by atoms with van der Waals surface area (Å²) in [6.07, 6.45) is 2.19. The molecule has 0 spiro atoms. The highest BCUT2D eigenvalue weighted by Crippen LogP contribution is 2.28. The van der Waals surface area contributed by atoms with Crippen LogP contribution >= 0.6 is 0 Å². The van der Waals surface area contributed by atoms with E-state index in [1.54, 1.807) is 0 Å². The maximum atomic E-state index is 12.6. The molecular formula is C16H21N3O2. The first kappa shape index (κ1) is 14.1. The van der Waals surface area contributed by atoms with Crippen LogP contribution in [0.15, 0.2) is 30.3 Å². The maximum absolute atomic E-state index is 12.6. The highest BCUT2D eigenvalue weighted by molar-refractivity contribution is 5.82. The number of piperazine rings is 1. The van der Waals surface area contributed by atoms with E-state index < -0.39 is 0 Å². The zero-order valence-corrected chi connectivity index (χ0v) is 12.1. The SMILES string of the molecule is O=C1CN(CC(=O)N(Cc2ccccc2)C2CC2)CCN1. The number of hydrogen-bond acceptors (Lipinski definition) is 3. The normalized spacial score (nSPS) is 19.1. The Morgan fingerprint density at radius 1 is 1.29 bits per heavy atom. The first-order valence-electron chi connectivity index (χ1n) is 7.55. The lowest BCUT2D eigenvalue weighted by Gasteiger charge is -2.29. The second kappa shape index (κ2) is 6.26. The molecule has 112 valence electrons. The van der Waals surface area contributed by atoms with Gasteiger partial charge in [-0.3, -0.25) is 14.5 Å². The average molecular weight is 287 g/mol. The fourth-order valence-electron chi connectivity index (χ4n) is 2.70. The van der Waals surface area contributed by atoms with Gasteiger partial charge in [0.05, 0.1) is 13.1 Å². The van der Waals surface area contributed by atoms with Crippen molar-refractivity contribution in [1.82, 2.24) is 15.1 Å². The summed E-state index contributed by atoms with van der Waals surface area (Å²) in [4.78, 5) is 27.8. The number of carbonyl (C=O) groups is 2. The van der Waals surface area contributed by atoms with Crippen LogP contribution in [-0.2, 0) is 16.1 Å². The summed E-state index contributed by atoms with van der Waals surface area (Å²) >= 11 is 0. The third kappa shape index (κ3) is 3.82. The molecule has 0 unspecified atom stereocenters. The summed E-state index contributed by atoms with van der Waals surface area (Å²) in [5.41, 5.74) is 1.16. The van der Waals surface area contributed by atoms with E-state index in [0.29, 0.717) is 32.2 Å².